The fraction of sp³-hybridized carbons (Fsp3) is 0.0455. The summed E-state index contributed by atoms with van der Waals surface area (Å²) in [6, 6.07) is 21.7. The number of amides is 1. The lowest BCUT2D eigenvalue weighted by molar-refractivity contribution is 0.0951. The van der Waals surface area contributed by atoms with Gasteiger partial charge in [-0.3, -0.25) is 15.1 Å². The van der Waals surface area contributed by atoms with Crippen LogP contribution in [0.15, 0.2) is 83.5 Å². The summed E-state index contributed by atoms with van der Waals surface area (Å²) in [4.78, 5) is 16.3. The summed E-state index contributed by atoms with van der Waals surface area (Å²) in [6.07, 6.45) is 3.26. The predicted octanol–water partition coefficient (Wildman–Crippen LogP) is 4.30. The molecule has 0 aliphatic heterocycles. The molecule has 2 N–H and O–H groups in total. The number of carbonyl (C=O) groups excluding carboxylic acids is 1. The van der Waals surface area contributed by atoms with Crippen molar-refractivity contribution in [2.75, 3.05) is 0 Å². The summed E-state index contributed by atoms with van der Waals surface area (Å²) < 4.78 is 5.52. The van der Waals surface area contributed by atoms with E-state index in [9.17, 15) is 4.79 Å². The fourth-order valence-electron chi connectivity index (χ4n) is 2.88. The maximum absolute atomic E-state index is 12.3. The third-order valence-electron chi connectivity index (χ3n) is 4.25. The molecule has 0 radical (unpaired) electrons. The SMILES string of the molecule is O=C(NC(=S)NCc1cccc(-c2ccccc2)c1)c1cc2cnccc2o1. The van der Waals surface area contributed by atoms with Gasteiger partial charge >= 0.3 is 0 Å². The predicted molar refractivity (Wildman–Crippen MR) is 113 cm³/mol. The van der Waals surface area contributed by atoms with Crippen molar-refractivity contribution in [3.05, 3.63) is 90.4 Å². The van der Waals surface area contributed by atoms with Crippen LogP contribution in [-0.2, 0) is 6.54 Å². The van der Waals surface area contributed by atoms with Crippen molar-refractivity contribution in [3.63, 3.8) is 0 Å². The van der Waals surface area contributed by atoms with E-state index in [0.717, 1.165) is 22.1 Å². The van der Waals surface area contributed by atoms with Gasteiger partial charge in [0.15, 0.2) is 10.9 Å². The number of hydrogen-bond acceptors (Lipinski definition) is 4. The van der Waals surface area contributed by atoms with E-state index >= 15 is 0 Å². The molecule has 0 fully saturated rings. The molecule has 0 aliphatic rings. The molecule has 6 heteroatoms. The molecular weight excluding hydrogens is 370 g/mol. The van der Waals surface area contributed by atoms with Gasteiger partial charge in [-0.1, -0.05) is 48.5 Å². The van der Waals surface area contributed by atoms with Crippen molar-refractivity contribution >= 4 is 34.2 Å². The van der Waals surface area contributed by atoms with Gasteiger partial charge in [-0.2, -0.15) is 0 Å². The summed E-state index contributed by atoms with van der Waals surface area (Å²) in [5.41, 5.74) is 3.95. The molecule has 0 unspecified atom stereocenters. The Balaban J connectivity index is 1.37. The molecule has 2 heterocycles. The van der Waals surface area contributed by atoms with E-state index in [1.54, 1.807) is 24.5 Å². The summed E-state index contributed by atoms with van der Waals surface area (Å²) in [5.74, 6) is -0.204. The van der Waals surface area contributed by atoms with E-state index in [2.05, 4.69) is 39.9 Å². The normalized spacial score (nSPS) is 10.6. The van der Waals surface area contributed by atoms with Crippen LogP contribution < -0.4 is 10.6 Å². The van der Waals surface area contributed by atoms with Gasteiger partial charge in [-0.15, -0.1) is 0 Å². The molecule has 0 spiro atoms. The minimum Gasteiger partial charge on any atom is -0.451 e. The minimum atomic E-state index is -0.397. The van der Waals surface area contributed by atoms with E-state index in [4.69, 9.17) is 16.6 Å². The van der Waals surface area contributed by atoms with Crippen LogP contribution in [0.2, 0.25) is 0 Å². The number of carbonyl (C=O) groups is 1. The number of nitrogens with zero attached hydrogens (tertiary/aromatic N) is 1. The van der Waals surface area contributed by atoms with Crippen LogP contribution >= 0.6 is 12.2 Å². The highest BCUT2D eigenvalue weighted by molar-refractivity contribution is 7.80. The van der Waals surface area contributed by atoms with Crippen LogP contribution in [0.25, 0.3) is 22.1 Å². The summed E-state index contributed by atoms with van der Waals surface area (Å²) in [5, 5.41) is 6.71. The zero-order valence-corrected chi connectivity index (χ0v) is 15.7. The Labute approximate surface area is 167 Å². The van der Waals surface area contributed by atoms with Gasteiger partial charge in [-0.05, 0) is 47.1 Å². The standard InChI is InChI=1S/C22H17N3O2S/c26-21(20-12-18-14-23-10-9-19(18)27-20)25-22(28)24-13-15-5-4-8-17(11-15)16-6-2-1-3-7-16/h1-12,14H,13H2,(H2,24,25,26,28). The van der Waals surface area contributed by atoms with E-state index in [1.165, 1.54) is 0 Å². The van der Waals surface area contributed by atoms with Crippen molar-refractivity contribution in [1.82, 2.24) is 15.6 Å². The Kier molecular flexibility index (Phi) is 5.12. The highest BCUT2D eigenvalue weighted by Crippen LogP contribution is 2.20. The number of thiocarbonyl (C=S) groups is 1. The lowest BCUT2D eigenvalue weighted by Gasteiger charge is -2.10. The van der Waals surface area contributed by atoms with Gasteiger partial charge in [-0.25, -0.2) is 0 Å². The molecule has 0 saturated carbocycles. The maximum Gasteiger partial charge on any atom is 0.293 e. The first-order chi connectivity index (χ1) is 13.7. The van der Waals surface area contributed by atoms with E-state index in [0.29, 0.717) is 12.1 Å². The second-order valence-corrected chi connectivity index (χ2v) is 6.64. The van der Waals surface area contributed by atoms with Gasteiger partial charge in [0.1, 0.15) is 5.58 Å². The molecule has 2 aromatic carbocycles. The van der Waals surface area contributed by atoms with Crippen LogP contribution in [-0.4, -0.2) is 16.0 Å². The van der Waals surface area contributed by atoms with Gasteiger partial charge < -0.3 is 9.73 Å². The molecule has 28 heavy (non-hydrogen) atoms. The smallest absolute Gasteiger partial charge is 0.293 e. The molecule has 0 aliphatic carbocycles. The van der Waals surface area contributed by atoms with Crippen LogP contribution in [0.4, 0.5) is 0 Å². The molecule has 0 atom stereocenters. The Hall–Kier alpha value is -3.51. The second kappa shape index (κ2) is 8.02. The minimum absolute atomic E-state index is 0.193. The maximum atomic E-state index is 12.3. The summed E-state index contributed by atoms with van der Waals surface area (Å²) >= 11 is 5.24. The summed E-state index contributed by atoms with van der Waals surface area (Å²) in [7, 11) is 0. The number of furan rings is 1. The number of fused-ring (bicyclic) bond motifs is 1. The van der Waals surface area contributed by atoms with Crippen molar-refractivity contribution in [2.24, 2.45) is 0 Å². The number of benzene rings is 2. The number of nitrogens with one attached hydrogen (secondary N) is 2. The van der Waals surface area contributed by atoms with Gasteiger partial charge in [0.25, 0.3) is 5.91 Å². The first-order valence-corrected chi connectivity index (χ1v) is 9.17. The second-order valence-electron chi connectivity index (χ2n) is 6.23. The molecule has 0 saturated heterocycles. The Morgan fingerprint density at radius 2 is 1.82 bits per heavy atom. The average Bonchev–Trinajstić information content (AvgIpc) is 3.18. The van der Waals surface area contributed by atoms with Crippen molar-refractivity contribution in [1.29, 1.82) is 0 Å². The summed E-state index contributed by atoms with van der Waals surface area (Å²) in [6.45, 7) is 0.504. The molecule has 1 amide bonds. The number of hydrogen-bond donors (Lipinski definition) is 2. The molecule has 4 aromatic rings. The number of rotatable bonds is 4. The monoisotopic (exact) mass is 387 g/mol. The topological polar surface area (TPSA) is 67.2 Å². The van der Waals surface area contributed by atoms with Crippen LogP contribution in [0.5, 0.6) is 0 Å². The quantitative estimate of drug-likeness (QED) is 0.511. The first-order valence-electron chi connectivity index (χ1n) is 8.76. The highest BCUT2D eigenvalue weighted by Gasteiger charge is 2.13. The lowest BCUT2D eigenvalue weighted by atomic mass is 10.0. The lowest BCUT2D eigenvalue weighted by Crippen LogP contribution is -2.38. The third kappa shape index (κ3) is 4.07. The van der Waals surface area contributed by atoms with Crippen molar-refractivity contribution in [3.8, 4) is 11.1 Å². The molecule has 2 aromatic heterocycles. The number of pyridine rings is 1. The zero-order valence-electron chi connectivity index (χ0n) is 14.9. The molecule has 0 bridgehead atoms. The number of aromatic nitrogens is 1. The van der Waals surface area contributed by atoms with Crippen molar-refractivity contribution < 1.29 is 9.21 Å². The largest absolute Gasteiger partial charge is 0.451 e. The van der Waals surface area contributed by atoms with Crippen LogP contribution in [0.1, 0.15) is 16.1 Å². The van der Waals surface area contributed by atoms with Gasteiger partial charge in [0.05, 0.1) is 0 Å². The van der Waals surface area contributed by atoms with E-state index < -0.39 is 5.91 Å². The Morgan fingerprint density at radius 3 is 2.64 bits per heavy atom. The first kappa shape index (κ1) is 17.9. The zero-order chi connectivity index (χ0) is 19.3. The fourth-order valence-corrected chi connectivity index (χ4v) is 3.04. The van der Waals surface area contributed by atoms with Gasteiger partial charge in [0.2, 0.25) is 0 Å². The Morgan fingerprint density at radius 1 is 1.00 bits per heavy atom. The van der Waals surface area contributed by atoms with Gasteiger partial charge in [0, 0.05) is 24.3 Å². The highest BCUT2D eigenvalue weighted by atomic mass is 32.1. The van der Waals surface area contributed by atoms with Crippen LogP contribution in [0.3, 0.4) is 0 Å². The molecule has 4 rings (SSSR count). The van der Waals surface area contributed by atoms with Crippen molar-refractivity contribution in [2.45, 2.75) is 6.54 Å². The Bertz CT molecular complexity index is 1110. The average molecular weight is 387 g/mol. The molecule has 138 valence electrons. The molecule has 5 nitrogen and oxygen atoms in total. The molecular formula is C22H17N3O2S. The van der Waals surface area contributed by atoms with Crippen LogP contribution in [0, 0.1) is 0 Å². The van der Waals surface area contributed by atoms with E-state index in [-0.39, 0.29) is 10.9 Å². The van der Waals surface area contributed by atoms with E-state index in [1.807, 2.05) is 30.3 Å². The third-order valence-corrected chi connectivity index (χ3v) is 4.50.